The van der Waals surface area contributed by atoms with E-state index in [1.807, 2.05) is 42.7 Å². The van der Waals surface area contributed by atoms with Gasteiger partial charge in [-0.05, 0) is 42.4 Å². The van der Waals surface area contributed by atoms with E-state index in [0.717, 1.165) is 22.2 Å². The molecule has 22 heavy (non-hydrogen) atoms. The van der Waals surface area contributed by atoms with Gasteiger partial charge in [-0.25, -0.2) is 0 Å². The highest BCUT2D eigenvalue weighted by Crippen LogP contribution is 2.30. The normalized spacial score (nSPS) is 11.3. The van der Waals surface area contributed by atoms with Crippen molar-refractivity contribution in [2.75, 3.05) is 12.4 Å². The Balaban J connectivity index is 2.16. The lowest BCUT2D eigenvalue weighted by Gasteiger charge is -2.15. The van der Waals surface area contributed by atoms with E-state index < -0.39 is 0 Å². The zero-order valence-corrected chi connectivity index (χ0v) is 13.2. The fraction of sp³-hybridized carbons (Fsp3) is 0.176. The van der Waals surface area contributed by atoms with Crippen LogP contribution in [0.1, 0.15) is 18.4 Å². The lowest BCUT2D eigenvalue weighted by atomic mass is 10.0. The Kier molecular flexibility index (Phi) is 5.45. The molecule has 5 heteroatoms. The fourth-order valence-corrected chi connectivity index (χ4v) is 2.43. The molecule has 2 rings (SSSR count). The minimum atomic E-state index is -0.265. The van der Waals surface area contributed by atoms with Crippen LogP contribution in [0.2, 0.25) is 0 Å². The number of amides is 1. The molecule has 1 N–H and O–H groups in total. The molecule has 0 spiro atoms. The summed E-state index contributed by atoms with van der Waals surface area (Å²) >= 11 is 1.05. The number of rotatable bonds is 5. The molecule has 0 aromatic heterocycles. The number of benzene rings is 2. The number of methoxy groups -OCH3 is 1. The minimum Gasteiger partial charge on any atom is -0.495 e. The highest BCUT2D eigenvalue weighted by atomic mass is 32.2. The molecule has 0 fully saturated rings. The highest BCUT2D eigenvalue weighted by Gasteiger charge is 2.16. The number of hydrogen-bond donors (Lipinski definition) is 1. The summed E-state index contributed by atoms with van der Waals surface area (Å²) in [5, 5.41) is 13.6. The van der Waals surface area contributed by atoms with Crippen LogP contribution in [0.4, 0.5) is 5.69 Å². The molecule has 0 bridgehead atoms. The molecule has 0 aliphatic carbocycles. The second-order valence-electron chi connectivity index (χ2n) is 4.68. The lowest BCUT2D eigenvalue weighted by Crippen LogP contribution is -2.19. The van der Waals surface area contributed by atoms with Crippen LogP contribution in [-0.2, 0) is 4.79 Å². The first-order chi connectivity index (χ1) is 10.7. The molecule has 0 aliphatic rings. The highest BCUT2D eigenvalue weighted by molar-refractivity contribution is 8.03. The van der Waals surface area contributed by atoms with Crippen molar-refractivity contribution in [1.82, 2.24) is 0 Å². The van der Waals surface area contributed by atoms with Crippen molar-refractivity contribution in [3.05, 3.63) is 54.1 Å². The van der Waals surface area contributed by atoms with Crippen LogP contribution in [0.25, 0.3) is 0 Å². The third kappa shape index (κ3) is 3.80. The first-order valence-corrected chi connectivity index (χ1v) is 7.57. The van der Waals surface area contributed by atoms with Crippen molar-refractivity contribution in [2.45, 2.75) is 17.7 Å². The molecule has 1 amide bonds. The fourth-order valence-electron chi connectivity index (χ4n) is 2.03. The number of anilines is 1. The van der Waals surface area contributed by atoms with E-state index in [1.165, 1.54) is 7.11 Å². The van der Waals surface area contributed by atoms with Crippen LogP contribution in [0, 0.1) is 10.7 Å². The third-order valence-electron chi connectivity index (χ3n) is 3.29. The largest absolute Gasteiger partial charge is 0.495 e. The molecule has 2 aromatic carbocycles. The van der Waals surface area contributed by atoms with Crippen molar-refractivity contribution < 1.29 is 9.53 Å². The summed E-state index contributed by atoms with van der Waals surface area (Å²) in [5.41, 5.74) is 1.55. The number of thioether (sulfide) groups is 1. The van der Waals surface area contributed by atoms with Gasteiger partial charge in [0.2, 0.25) is 5.91 Å². The maximum Gasteiger partial charge on any atom is 0.231 e. The summed E-state index contributed by atoms with van der Waals surface area (Å²) in [7, 11) is 1.53. The molecule has 0 aliphatic heterocycles. The van der Waals surface area contributed by atoms with Crippen molar-refractivity contribution in [2.24, 2.45) is 0 Å². The maximum absolute atomic E-state index is 12.4. The van der Waals surface area contributed by atoms with E-state index >= 15 is 0 Å². The van der Waals surface area contributed by atoms with Crippen molar-refractivity contribution in [3.63, 3.8) is 0 Å². The number of ether oxygens (including phenoxy) is 1. The number of nitrogens with one attached hydrogen (secondary N) is 1. The van der Waals surface area contributed by atoms with Gasteiger partial charge in [-0.3, -0.25) is 4.79 Å². The van der Waals surface area contributed by atoms with Gasteiger partial charge in [0.05, 0.1) is 18.7 Å². The van der Waals surface area contributed by atoms with Gasteiger partial charge < -0.3 is 10.1 Å². The smallest absolute Gasteiger partial charge is 0.231 e. The van der Waals surface area contributed by atoms with Gasteiger partial charge in [0.25, 0.3) is 0 Å². The summed E-state index contributed by atoms with van der Waals surface area (Å²) in [6.45, 7) is 1.86. The average molecular weight is 312 g/mol. The van der Waals surface area contributed by atoms with Gasteiger partial charge in [0.1, 0.15) is 11.2 Å². The molecule has 0 unspecified atom stereocenters. The van der Waals surface area contributed by atoms with Crippen LogP contribution in [0.15, 0.2) is 53.4 Å². The number of nitriles is 1. The van der Waals surface area contributed by atoms with Crippen molar-refractivity contribution >= 4 is 23.4 Å². The zero-order valence-electron chi connectivity index (χ0n) is 12.4. The molecule has 0 heterocycles. The van der Waals surface area contributed by atoms with E-state index in [1.54, 1.807) is 18.2 Å². The molecule has 0 saturated carbocycles. The lowest BCUT2D eigenvalue weighted by molar-refractivity contribution is -0.117. The quantitative estimate of drug-likeness (QED) is 0.669. The summed E-state index contributed by atoms with van der Waals surface area (Å²) in [6.07, 6.45) is 0. The number of nitrogens with zero attached hydrogens (tertiary/aromatic N) is 1. The first-order valence-electron chi connectivity index (χ1n) is 6.75. The van der Waals surface area contributed by atoms with E-state index in [2.05, 4.69) is 5.32 Å². The van der Waals surface area contributed by atoms with Crippen molar-refractivity contribution in [1.29, 1.82) is 5.26 Å². The summed E-state index contributed by atoms with van der Waals surface area (Å²) in [5.74, 6) is 0.165. The number of thiocyanates is 1. The van der Waals surface area contributed by atoms with Crippen LogP contribution >= 0.6 is 11.8 Å². The third-order valence-corrected chi connectivity index (χ3v) is 3.87. The molecule has 1 atom stereocenters. The minimum absolute atomic E-state index is 0.106. The van der Waals surface area contributed by atoms with Crippen LogP contribution in [-0.4, -0.2) is 13.0 Å². The molecule has 112 valence electrons. The Hall–Kier alpha value is -2.45. The second-order valence-corrected chi connectivity index (χ2v) is 5.54. The molecule has 4 nitrogen and oxygen atoms in total. The Labute approximate surface area is 134 Å². The Bertz CT molecular complexity index is 696. The molecule has 2 aromatic rings. The monoisotopic (exact) mass is 312 g/mol. The predicted molar refractivity (Wildman–Crippen MR) is 88.0 cm³/mol. The second kappa shape index (κ2) is 7.53. The van der Waals surface area contributed by atoms with E-state index in [4.69, 9.17) is 10.00 Å². The zero-order chi connectivity index (χ0) is 15.9. The predicted octanol–water partition coefficient (Wildman–Crippen LogP) is 4.01. The van der Waals surface area contributed by atoms with Crippen LogP contribution in [0.5, 0.6) is 5.75 Å². The molecular weight excluding hydrogens is 296 g/mol. The Morgan fingerprint density at radius 3 is 2.64 bits per heavy atom. The van der Waals surface area contributed by atoms with Gasteiger partial charge >= 0.3 is 0 Å². The SMILES string of the molecule is COc1cc(SC#N)ccc1NC(=O)[C@H](C)c1ccccc1. The average Bonchev–Trinajstić information content (AvgIpc) is 2.56. The van der Waals surface area contributed by atoms with E-state index in [9.17, 15) is 4.79 Å². The van der Waals surface area contributed by atoms with Gasteiger partial charge in [-0.2, -0.15) is 5.26 Å². The molecule has 0 saturated heterocycles. The topological polar surface area (TPSA) is 62.1 Å². The summed E-state index contributed by atoms with van der Waals surface area (Å²) in [6, 6.07) is 14.8. The first kappa shape index (κ1) is 15.9. The number of carbonyl (C=O) groups excluding carboxylic acids is 1. The summed E-state index contributed by atoms with van der Waals surface area (Å²) in [4.78, 5) is 13.1. The van der Waals surface area contributed by atoms with Crippen molar-refractivity contribution in [3.8, 4) is 11.2 Å². The number of carbonyl (C=O) groups is 1. The standard InChI is InChI=1S/C17H16N2O2S/c1-12(13-6-4-3-5-7-13)17(20)19-15-9-8-14(22-11-18)10-16(15)21-2/h3-10,12H,1-2H3,(H,19,20)/t12-/m1/s1. The van der Waals surface area contributed by atoms with E-state index in [0.29, 0.717) is 11.4 Å². The molecular formula is C17H16N2O2S. The van der Waals surface area contributed by atoms with Gasteiger partial charge in [0.15, 0.2) is 0 Å². The number of hydrogen-bond acceptors (Lipinski definition) is 4. The van der Waals surface area contributed by atoms with E-state index in [-0.39, 0.29) is 11.8 Å². The van der Waals surface area contributed by atoms with Gasteiger partial charge in [-0.15, -0.1) is 0 Å². The van der Waals surface area contributed by atoms with Gasteiger partial charge in [-0.1, -0.05) is 30.3 Å². The van der Waals surface area contributed by atoms with Crippen LogP contribution < -0.4 is 10.1 Å². The van der Waals surface area contributed by atoms with Gasteiger partial charge in [0, 0.05) is 4.90 Å². The maximum atomic E-state index is 12.4. The Morgan fingerprint density at radius 1 is 1.27 bits per heavy atom. The molecule has 0 radical (unpaired) electrons. The Morgan fingerprint density at radius 2 is 2.00 bits per heavy atom. The summed E-state index contributed by atoms with van der Waals surface area (Å²) < 4.78 is 5.28. The van der Waals surface area contributed by atoms with Crippen LogP contribution in [0.3, 0.4) is 0 Å².